The van der Waals surface area contributed by atoms with Crippen molar-refractivity contribution in [3.8, 4) is 11.5 Å². The van der Waals surface area contributed by atoms with Crippen LogP contribution < -0.4 is 14.4 Å². The molecule has 5 rings (SSSR count). The van der Waals surface area contributed by atoms with Gasteiger partial charge in [0, 0.05) is 17.9 Å². The zero-order chi connectivity index (χ0) is 35.6. The van der Waals surface area contributed by atoms with E-state index in [-0.39, 0.29) is 12.2 Å². The molecular formula is C45H49NO4. The Labute approximate surface area is 298 Å². The Morgan fingerprint density at radius 2 is 1.00 bits per heavy atom. The zero-order valence-electron chi connectivity index (χ0n) is 30.1. The quantitative estimate of drug-likeness (QED) is 0.105. The molecule has 0 amide bonds. The number of benzene rings is 5. The van der Waals surface area contributed by atoms with Gasteiger partial charge in [0.2, 0.25) is 0 Å². The molecule has 0 radical (unpaired) electrons. The SMILES string of the molecule is C=C(c1ccc(N(Cc2ccccc2)c2ccccc2)cc1C(=C)C(OC(C)C)c1ccc(OC)cc1)C(OC(C)C)c1ccc(OC)cc1. The third-order valence-corrected chi connectivity index (χ3v) is 8.54. The summed E-state index contributed by atoms with van der Waals surface area (Å²) in [6.07, 6.45) is -0.921. The summed E-state index contributed by atoms with van der Waals surface area (Å²) < 4.78 is 24.2. The minimum Gasteiger partial charge on any atom is -0.497 e. The minimum absolute atomic E-state index is 0.0412. The lowest BCUT2D eigenvalue weighted by Gasteiger charge is -2.30. The Kier molecular flexibility index (Phi) is 12.3. The second kappa shape index (κ2) is 17.0. The molecule has 50 heavy (non-hydrogen) atoms. The fourth-order valence-electron chi connectivity index (χ4n) is 6.06. The van der Waals surface area contributed by atoms with Crippen LogP contribution in [0.1, 0.15) is 67.7 Å². The fraction of sp³-hybridized carbons (Fsp3) is 0.244. The number of para-hydroxylation sites is 1. The second-order valence-corrected chi connectivity index (χ2v) is 12.9. The van der Waals surface area contributed by atoms with E-state index >= 15 is 0 Å². The first-order chi connectivity index (χ1) is 24.2. The van der Waals surface area contributed by atoms with E-state index < -0.39 is 12.2 Å². The molecule has 0 N–H and O–H groups in total. The van der Waals surface area contributed by atoms with Gasteiger partial charge in [-0.3, -0.25) is 0 Å². The highest BCUT2D eigenvalue weighted by Crippen LogP contribution is 2.43. The maximum absolute atomic E-state index is 6.65. The molecule has 0 aliphatic carbocycles. The largest absolute Gasteiger partial charge is 0.497 e. The molecule has 0 bridgehead atoms. The van der Waals surface area contributed by atoms with Crippen molar-refractivity contribution in [3.63, 3.8) is 0 Å². The number of hydrogen-bond acceptors (Lipinski definition) is 5. The van der Waals surface area contributed by atoms with Crippen molar-refractivity contribution in [2.24, 2.45) is 0 Å². The molecule has 0 aromatic heterocycles. The summed E-state index contributed by atoms with van der Waals surface area (Å²) in [5, 5.41) is 0. The predicted molar refractivity (Wildman–Crippen MR) is 207 cm³/mol. The highest BCUT2D eigenvalue weighted by atomic mass is 16.5. The maximum Gasteiger partial charge on any atom is 0.118 e. The molecule has 2 atom stereocenters. The average Bonchev–Trinajstić information content (AvgIpc) is 3.15. The molecule has 2 unspecified atom stereocenters. The predicted octanol–water partition coefficient (Wildman–Crippen LogP) is 11.4. The summed E-state index contributed by atoms with van der Waals surface area (Å²) in [5.74, 6) is 1.57. The molecule has 0 aliphatic rings. The van der Waals surface area contributed by atoms with Crippen LogP contribution in [0.4, 0.5) is 11.4 Å². The molecule has 5 aromatic carbocycles. The van der Waals surface area contributed by atoms with Crippen LogP contribution in [-0.4, -0.2) is 26.4 Å². The molecule has 5 aromatic rings. The standard InChI is InChI=1S/C45H49NO4/c1-31(2)49-44(36-19-24-40(47-7)25-20-36)33(5)42-28-23-39(46(38-17-13-10-14-18-38)30-35-15-11-9-12-16-35)29-43(42)34(6)45(50-32(3)4)37-21-26-41(48-8)27-22-37/h9-29,31-32,44-45H,5-6,30H2,1-4,7-8H3. The normalized spacial score (nSPS) is 12.4. The van der Waals surface area contributed by atoms with Gasteiger partial charge in [0.05, 0.1) is 26.4 Å². The number of nitrogens with zero attached hydrogens (tertiary/aromatic N) is 1. The Bertz CT molecular complexity index is 1830. The van der Waals surface area contributed by atoms with Crippen LogP contribution in [0.2, 0.25) is 0 Å². The van der Waals surface area contributed by atoms with E-state index in [1.54, 1.807) is 14.2 Å². The van der Waals surface area contributed by atoms with Crippen molar-refractivity contribution in [1.29, 1.82) is 0 Å². The summed E-state index contributed by atoms with van der Waals surface area (Å²) in [5.41, 5.74) is 8.83. The molecule has 5 nitrogen and oxygen atoms in total. The van der Waals surface area contributed by atoms with E-state index in [2.05, 4.69) is 78.2 Å². The van der Waals surface area contributed by atoms with Crippen LogP contribution in [0.5, 0.6) is 11.5 Å². The van der Waals surface area contributed by atoms with Gasteiger partial charge in [-0.1, -0.05) is 92.0 Å². The smallest absolute Gasteiger partial charge is 0.118 e. The first-order valence-corrected chi connectivity index (χ1v) is 17.2. The van der Waals surface area contributed by atoms with Crippen LogP contribution in [0.3, 0.4) is 0 Å². The third kappa shape index (κ3) is 8.92. The van der Waals surface area contributed by atoms with E-state index in [1.165, 1.54) is 5.56 Å². The van der Waals surface area contributed by atoms with Crippen molar-refractivity contribution >= 4 is 22.5 Å². The van der Waals surface area contributed by atoms with Gasteiger partial charge in [0.1, 0.15) is 23.7 Å². The van der Waals surface area contributed by atoms with E-state index in [4.69, 9.17) is 25.5 Å². The van der Waals surface area contributed by atoms with Crippen molar-refractivity contribution in [2.75, 3.05) is 19.1 Å². The summed E-state index contributed by atoms with van der Waals surface area (Å²) >= 11 is 0. The maximum atomic E-state index is 6.65. The van der Waals surface area contributed by atoms with Crippen LogP contribution >= 0.6 is 0 Å². The summed E-state index contributed by atoms with van der Waals surface area (Å²) in [6, 6.07) is 43.5. The summed E-state index contributed by atoms with van der Waals surface area (Å²) in [4.78, 5) is 2.33. The van der Waals surface area contributed by atoms with Gasteiger partial charge in [-0.2, -0.15) is 0 Å². The number of ether oxygens (including phenoxy) is 4. The molecule has 0 aliphatic heterocycles. The molecule has 0 heterocycles. The average molecular weight is 668 g/mol. The van der Waals surface area contributed by atoms with E-state index in [0.717, 1.165) is 56.3 Å². The number of anilines is 2. The van der Waals surface area contributed by atoms with E-state index in [1.807, 2.05) is 88.4 Å². The van der Waals surface area contributed by atoms with Crippen molar-refractivity contribution in [2.45, 2.75) is 58.7 Å². The Morgan fingerprint density at radius 1 is 0.540 bits per heavy atom. The molecule has 0 fully saturated rings. The highest BCUT2D eigenvalue weighted by molar-refractivity contribution is 5.85. The molecule has 5 heteroatoms. The van der Waals surface area contributed by atoms with E-state index in [9.17, 15) is 0 Å². The number of methoxy groups -OCH3 is 2. The molecule has 258 valence electrons. The second-order valence-electron chi connectivity index (χ2n) is 12.9. The highest BCUT2D eigenvalue weighted by Gasteiger charge is 2.27. The molecule has 0 saturated heterocycles. The van der Waals surface area contributed by atoms with Crippen molar-refractivity contribution < 1.29 is 18.9 Å². The van der Waals surface area contributed by atoms with Crippen LogP contribution in [0.15, 0.2) is 141 Å². The lowest BCUT2D eigenvalue weighted by atomic mass is 9.86. The number of hydrogen-bond donors (Lipinski definition) is 0. The van der Waals surface area contributed by atoms with Crippen molar-refractivity contribution in [1.82, 2.24) is 0 Å². The first-order valence-electron chi connectivity index (χ1n) is 17.2. The third-order valence-electron chi connectivity index (χ3n) is 8.54. The van der Waals surface area contributed by atoms with Gasteiger partial charge >= 0.3 is 0 Å². The lowest BCUT2D eigenvalue weighted by molar-refractivity contribution is 0.0396. The fourth-order valence-corrected chi connectivity index (χ4v) is 6.06. The van der Waals surface area contributed by atoms with Crippen LogP contribution in [-0.2, 0) is 16.0 Å². The topological polar surface area (TPSA) is 40.2 Å². The molecule has 0 saturated carbocycles. The summed E-state index contributed by atoms with van der Waals surface area (Å²) in [6.45, 7) is 18.3. The first kappa shape index (κ1) is 36.2. The van der Waals surface area contributed by atoms with Crippen LogP contribution in [0, 0.1) is 0 Å². The van der Waals surface area contributed by atoms with Gasteiger partial charge in [-0.05, 0) is 115 Å². The van der Waals surface area contributed by atoms with Crippen molar-refractivity contribution in [3.05, 3.63) is 168 Å². The summed E-state index contributed by atoms with van der Waals surface area (Å²) in [7, 11) is 3.34. The zero-order valence-corrected chi connectivity index (χ0v) is 30.1. The molecular weight excluding hydrogens is 618 g/mol. The van der Waals surface area contributed by atoms with Gasteiger partial charge < -0.3 is 23.8 Å². The van der Waals surface area contributed by atoms with Gasteiger partial charge in [-0.15, -0.1) is 0 Å². The van der Waals surface area contributed by atoms with Crippen LogP contribution in [0.25, 0.3) is 11.1 Å². The minimum atomic E-state index is -0.424. The monoisotopic (exact) mass is 667 g/mol. The van der Waals surface area contributed by atoms with Gasteiger partial charge in [0.15, 0.2) is 0 Å². The Hall–Kier alpha value is -5.10. The Morgan fingerprint density at radius 3 is 1.46 bits per heavy atom. The molecule has 0 spiro atoms. The lowest BCUT2D eigenvalue weighted by Crippen LogP contribution is -2.18. The Balaban J connectivity index is 1.68. The van der Waals surface area contributed by atoms with Gasteiger partial charge in [0.25, 0.3) is 0 Å². The number of rotatable bonds is 16. The van der Waals surface area contributed by atoms with Gasteiger partial charge in [-0.25, -0.2) is 0 Å². The van der Waals surface area contributed by atoms with E-state index in [0.29, 0.717) is 6.54 Å².